The Balaban J connectivity index is 2.69. The molecule has 1 unspecified atom stereocenters. The summed E-state index contributed by atoms with van der Waals surface area (Å²) >= 11 is 0. The molecule has 0 saturated carbocycles. The highest BCUT2D eigenvalue weighted by Gasteiger charge is 2.09. The first kappa shape index (κ1) is 13.7. The Bertz CT molecular complexity index is 343. The molecule has 0 bridgehead atoms. The quantitative estimate of drug-likeness (QED) is 0.712. The van der Waals surface area contributed by atoms with Crippen LogP contribution in [0.3, 0.4) is 0 Å². The molecule has 0 fully saturated rings. The first-order valence-corrected chi connectivity index (χ1v) is 5.89. The Morgan fingerprint density at radius 3 is 2.35 bits per heavy atom. The molecule has 3 nitrogen and oxygen atoms in total. The van der Waals surface area contributed by atoms with Gasteiger partial charge in [0.2, 0.25) is 0 Å². The van der Waals surface area contributed by atoms with Crippen LogP contribution in [-0.2, 0) is 20.7 Å². The van der Waals surface area contributed by atoms with E-state index >= 15 is 0 Å². The van der Waals surface area contributed by atoms with Gasteiger partial charge in [0.05, 0.1) is 19.6 Å². The van der Waals surface area contributed by atoms with E-state index in [2.05, 4.69) is 11.7 Å². The summed E-state index contributed by atoms with van der Waals surface area (Å²) < 4.78 is 10.1. The molecule has 0 spiro atoms. The zero-order valence-corrected chi connectivity index (χ0v) is 10.7. The Kier molecular flexibility index (Phi) is 5.70. The Labute approximate surface area is 103 Å². The summed E-state index contributed by atoms with van der Waals surface area (Å²) in [6.45, 7) is 2.14. The summed E-state index contributed by atoms with van der Waals surface area (Å²) in [5, 5.41) is 0. The lowest BCUT2D eigenvalue weighted by Gasteiger charge is -2.15. The van der Waals surface area contributed by atoms with Crippen molar-refractivity contribution in [2.45, 2.75) is 32.3 Å². The van der Waals surface area contributed by atoms with Gasteiger partial charge in [0.1, 0.15) is 0 Å². The second kappa shape index (κ2) is 7.07. The molecule has 0 aromatic heterocycles. The number of hydrogen-bond donors (Lipinski definition) is 0. The van der Waals surface area contributed by atoms with Crippen molar-refractivity contribution in [1.29, 1.82) is 0 Å². The van der Waals surface area contributed by atoms with Gasteiger partial charge in [0.15, 0.2) is 0 Å². The summed E-state index contributed by atoms with van der Waals surface area (Å²) in [5.41, 5.74) is 2.12. The third-order valence-electron chi connectivity index (χ3n) is 2.76. The zero-order valence-electron chi connectivity index (χ0n) is 10.7. The molecule has 0 aliphatic heterocycles. The van der Waals surface area contributed by atoms with E-state index in [1.54, 1.807) is 7.11 Å². The minimum Gasteiger partial charge on any atom is -0.469 e. The maximum Gasteiger partial charge on any atom is 0.309 e. The molecule has 3 heteroatoms. The molecule has 1 rings (SSSR count). The van der Waals surface area contributed by atoms with E-state index in [0.717, 1.165) is 24.0 Å². The topological polar surface area (TPSA) is 35.5 Å². The minimum atomic E-state index is -0.213. The molecule has 1 atom stereocenters. The van der Waals surface area contributed by atoms with Crippen molar-refractivity contribution >= 4 is 5.97 Å². The van der Waals surface area contributed by atoms with Gasteiger partial charge >= 0.3 is 5.97 Å². The van der Waals surface area contributed by atoms with Gasteiger partial charge in [-0.15, -0.1) is 0 Å². The number of methoxy groups -OCH3 is 2. The van der Waals surface area contributed by atoms with Crippen LogP contribution >= 0.6 is 0 Å². The van der Waals surface area contributed by atoms with Crippen LogP contribution in [0.25, 0.3) is 0 Å². The SMILES string of the molecule is CCCC(OC)c1ccc(CC(=O)OC)cc1. The monoisotopic (exact) mass is 236 g/mol. The van der Waals surface area contributed by atoms with Gasteiger partial charge < -0.3 is 9.47 Å². The fourth-order valence-corrected chi connectivity index (χ4v) is 1.77. The molecular weight excluding hydrogens is 216 g/mol. The van der Waals surface area contributed by atoms with Crippen LogP contribution in [0.5, 0.6) is 0 Å². The highest BCUT2D eigenvalue weighted by Crippen LogP contribution is 2.22. The molecule has 0 saturated heterocycles. The molecule has 0 aliphatic carbocycles. The first-order valence-electron chi connectivity index (χ1n) is 5.89. The van der Waals surface area contributed by atoms with Crippen LogP contribution in [0.15, 0.2) is 24.3 Å². The van der Waals surface area contributed by atoms with Crippen molar-refractivity contribution in [2.24, 2.45) is 0 Å². The van der Waals surface area contributed by atoms with Crippen molar-refractivity contribution in [3.8, 4) is 0 Å². The number of rotatable bonds is 6. The molecule has 0 N–H and O–H groups in total. The van der Waals surface area contributed by atoms with Crippen molar-refractivity contribution in [3.05, 3.63) is 35.4 Å². The fourth-order valence-electron chi connectivity index (χ4n) is 1.77. The van der Waals surface area contributed by atoms with Crippen LogP contribution in [0.2, 0.25) is 0 Å². The molecule has 0 aliphatic rings. The maximum absolute atomic E-state index is 11.1. The molecular formula is C14H20O3. The molecule has 0 amide bonds. The molecule has 0 radical (unpaired) electrons. The van der Waals surface area contributed by atoms with Gasteiger partial charge in [-0.2, -0.15) is 0 Å². The third-order valence-corrected chi connectivity index (χ3v) is 2.76. The van der Waals surface area contributed by atoms with E-state index in [0.29, 0.717) is 6.42 Å². The van der Waals surface area contributed by atoms with Crippen LogP contribution in [0.4, 0.5) is 0 Å². The van der Waals surface area contributed by atoms with Crippen LogP contribution in [0.1, 0.15) is 37.0 Å². The predicted octanol–water partition coefficient (Wildman–Crippen LogP) is 2.89. The predicted molar refractivity (Wildman–Crippen MR) is 66.8 cm³/mol. The normalized spacial score (nSPS) is 12.2. The maximum atomic E-state index is 11.1. The van der Waals surface area contributed by atoms with E-state index in [4.69, 9.17) is 4.74 Å². The van der Waals surface area contributed by atoms with Crippen molar-refractivity contribution < 1.29 is 14.3 Å². The molecule has 94 valence electrons. The summed E-state index contributed by atoms with van der Waals surface area (Å²) in [5.74, 6) is -0.213. The van der Waals surface area contributed by atoms with E-state index < -0.39 is 0 Å². The highest BCUT2D eigenvalue weighted by atomic mass is 16.5. The summed E-state index contributed by atoms with van der Waals surface area (Å²) in [6.07, 6.45) is 2.56. The van der Waals surface area contributed by atoms with Gasteiger partial charge in [-0.3, -0.25) is 4.79 Å². The Morgan fingerprint density at radius 1 is 1.24 bits per heavy atom. The highest BCUT2D eigenvalue weighted by molar-refractivity contribution is 5.72. The lowest BCUT2D eigenvalue weighted by Crippen LogP contribution is -2.05. The number of ether oxygens (including phenoxy) is 2. The second-order valence-corrected chi connectivity index (χ2v) is 4.01. The average Bonchev–Trinajstić information content (AvgIpc) is 2.37. The number of benzene rings is 1. The van der Waals surface area contributed by atoms with Crippen LogP contribution in [0, 0.1) is 0 Å². The number of carbonyl (C=O) groups excluding carboxylic acids is 1. The second-order valence-electron chi connectivity index (χ2n) is 4.01. The van der Waals surface area contributed by atoms with Crippen LogP contribution < -0.4 is 0 Å². The lowest BCUT2D eigenvalue weighted by atomic mass is 10.0. The average molecular weight is 236 g/mol. The summed E-state index contributed by atoms with van der Waals surface area (Å²) in [4.78, 5) is 11.1. The Morgan fingerprint density at radius 2 is 1.88 bits per heavy atom. The van der Waals surface area contributed by atoms with Gasteiger partial charge in [-0.25, -0.2) is 0 Å². The number of carbonyl (C=O) groups is 1. The van der Waals surface area contributed by atoms with Gasteiger partial charge in [0.25, 0.3) is 0 Å². The van der Waals surface area contributed by atoms with Gasteiger partial charge in [-0.1, -0.05) is 37.6 Å². The molecule has 1 aromatic carbocycles. The van der Waals surface area contributed by atoms with E-state index in [1.165, 1.54) is 7.11 Å². The fraction of sp³-hybridized carbons (Fsp3) is 0.500. The number of hydrogen-bond acceptors (Lipinski definition) is 3. The van der Waals surface area contributed by atoms with E-state index in [-0.39, 0.29) is 12.1 Å². The Hall–Kier alpha value is -1.35. The smallest absolute Gasteiger partial charge is 0.309 e. The van der Waals surface area contributed by atoms with Crippen molar-refractivity contribution in [2.75, 3.05) is 14.2 Å². The summed E-state index contributed by atoms with van der Waals surface area (Å²) in [7, 11) is 3.13. The standard InChI is InChI=1S/C14H20O3/c1-4-5-13(16-2)12-8-6-11(7-9-12)10-14(15)17-3/h6-9,13H,4-5,10H2,1-3H3. The molecule has 1 aromatic rings. The minimum absolute atomic E-state index is 0.146. The van der Waals surface area contributed by atoms with Crippen molar-refractivity contribution in [3.63, 3.8) is 0 Å². The van der Waals surface area contributed by atoms with Gasteiger partial charge in [-0.05, 0) is 17.5 Å². The zero-order chi connectivity index (χ0) is 12.7. The summed E-state index contributed by atoms with van der Waals surface area (Å²) in [6, 6.07) is 7.94. The molecule has 17 heavy (non-hydrogen) atoms. The van der Waals surface area contributed by atoms with Gasteiger partial charge in [0, 0.05) is 7.11 Å². The van der Waals surface area contributed by atoms with Crippen molar-refractivity contribution in [1.82, 2.24) is 0 Å². The molecule has 0 heterocycles. The third kappa shape index (κ3) is 4.19. The lowest BCUT2D eigenvalue weighted by molar-refractivity contribution is -0.139. The number of esters is 1. The van der Waals surface area contributed by atoms with E-state index in [1.807, 2.05) is 24.3 Å². The largest absolute Gasteiger partial charge is 0.469 e. The van der Waals surface area contributed by atoms with Crippen LogP contribution in [-0.4, -0.2) is 20.2 Å². The van der Waals surface area contributed by atoms with E-state index in [9.17, 15) is 4.79 Å². The first-order chi connectivity index (χ1) is 8.21.